The van der Waals surface area contributed by atoms with Gasteiger partial charge in [0.05, 0.1) is 0 Å². The molecule has 0 amide bonds. The van der Waals surface area contributed by atoms with Crippen LogP contribution in [0.15, 0.2) is 72.9 Å². The molecule has 6 nitrogen and oxygen atoms in total. The van der Waals surface area contributed by atoms with E-state index in [1.807, 2.05) is 0 Å². The van der Waals surface area contributed by atoms with Gasteiger partial charge in [-0.1, -0.05) is 184 Å². The molecule has 0 aliphatic rings. The number of ether oxygens (including phenoxy) is 3. The Hall–Kier alpha value is -3.15. The fourth-order valence-corrected chi connectivity index (χ4v) is 6.67. The van der Waals surface area contributed by atoms with E-state index in [2.05, 4.69) is 93.7 Å². The molecular weight excluding hydrogens is 745 g/mol. The lowest BCUT2D eigenvalue weighted by molar-refractivity contribution is -0.167. The highest BCUT2D eigenvalue weighted by atomic mass is 16.6. The normalized spacial score (nSPS) is 12.7. The first-order chi connectivity index (χ1) is 29.5. The van der Waals surface area contributed by atoms with Crippen LogP contribution in [0.5, 0.6) is 0 Å². The van der Waals surface area contributed by atoms with E-state index >= 15 is 0 Å². The molecule has 0 spiro atoms. The molecule has 0 aromatic carbocycles. The van der Waals surface area contributed by atoms with E-state index in [-0.39, 0.29) is 37.5 Å². The molecular formula is C54H92O6. The molecule has 0 aromatic heterocycles. The van der Waals surface area contributed by atoms with Crippen LogP contribution in [-0.2, 0) is 28.6 Å². The van der Waals surface area contributed by atoms with Crippen molar-refractivity contribution in [2.45, 2.75) is 239 Å². The zero-order valence-corrected chi connectivity index (χ0v) is 39.2. The van der Waals surface area contributed by atoms with E-state index in [1.165, 1.54) is 103 Å². The van der Waals surface area contributed by atoms with E-state index < -0.39 is 6.10 Å². The number of hydrogen-bond donors (Lipinski definition) is 0. The highest BCUT2D eigenvalue weighted by molar-refractivity contribution is 5.71. The van der Waals surface area contributed by atoms with Crippen LogP contribution in [0.2, 0.25) is 0 Å². The van der Waals surface area contributed by atoms with E-state index in [0.717, 1.165) is 83.5 Å². The van der Waals surface area contributed by atoms with Gasteiger partial charge in [0, 0.05) is 19.3 Å². The number of carbonyl (C=O) groups is 3. The van der Waals surface area contributed by atoms with E-state index in [9.17, 15) is 14.4 Å². The lowest BCUT2D eigenvalue weighted by atomic mass is 10.1. The molecule has 0 aromatic rings. The van der Waals surface area contributed by atoms with Gasteiger partial charge >= 0.3 is 17.9 Å². The maximum atomic E-state index is 12.7. The lowest BCUT2D eigenvalue weighted by Crippen LogP contribution is -2.30. The minimum absolute atomic E-state index is 0.0993. The van der Waals surface area contributed by atoms with Crippen molar-refractivity contribution in [1.29, 1.82) is 0 Å². The third-order valence-corrected chi connectivity index (χ3v) is 10.4. The van der Waals surface area contributed by atoms with Crippen molar-refractivity contribution in [3.05, 3.63) is 72.9 Å². The summed E-state index contributed by atoms with van der Waals surface area (Å²) >= 11 is 0. The Morgan fingerprint density at radius 1 is 0.350 bits per heavy atom. The summed E-state index contributed by atoms with van der Waals surface area (Å²) < 4.78 is 16.7. The van der Waals surface area contributed by atoms with Gasteiger partial charge < -0.3 is 14.2 Å². The molecule has 1 unspecified atom stereocenters. The predicted molar refractivity (Wildman–Crippen MR) is 256 cm³/mol. The van der Waals surface area contributed by atoms with Crippen molar-refractivity contribution in [3.63, 3.8) is 0 Å². The Bertz CT molecular complexity index is 1140. The van der Waals surface area contributed by atoms with Gasteiger partial charge in [-0.25, -0.2) is 0 Å². The SMILES string of the molecule is CC/C=C\C/C=C\C/C=C\C/C=C\CCCCCC(=O)OC(COC(=O)CCC/C=C\CCCCCC)COC(=O)CCCCCCCCC/C=C\CCCCCCCC. The number of carbonyl (C=O) groups excluding carboxylic acids is 3. The van der Waals surface area contributed by atoms with Gasteiger partial charge in [0.25, 0.3) is 0 Å². The van der Waals surface area contributed by atoms with Crippen LogP contribution in [0, 0.1) is 0 Å². The van der Waals surface area contributed by atoms with Crippen molar-refractivity contribution in [1.82, 2.24) is 0 Å². The number of unbranched alkanes of at least 4 members (excludes halogenated alkanes) is 21. The van der Waals surface area contributed by atoms with Crippen LogP contribution < -0.4 is 0 Å². The van der Waals surface area contributed by atoms with Crippen LogP contribution in [0.25, 0.3) is 0 Å². The molecule has 0 rings (SSSR count). The first-order valence-corrected chi connectivity index (χ1v) is 24.9. The molecule has 0 aliphatic heterocycles. The van der Waals surface area contributed by atoms with Crippen molar-refractivity contribution in [2.24, 2.45) is 0 Å². The molecule has 0 heterocycles. The smallest absolute Gasteiger partial charge is 0.306 e. The summed E-state index contributed by atoms with van der Waals surface area (Å²) in [6.07, 6.45) is 60.4. The third-order valence-electron chi connectivity index (χ3n) is 10.4. The average molecular weight is 837 g/mol. The predicted octanol–water partition coefficient (Wildman–Crippen LogP) is 16.3. The molecule has 344 valence electrons. The summed E-state index contributed by atoms with van der Waals surface area (Å²) in [4.78, 5) is 37.8. The summed E-state index contributed by atoms with van der Waals surface area (Å²) in [6, 6.07) is 0. The monoisotopic (exact) mass is 837 g/mol. The Labute approximate surface area is 370 Å². The second-order valence-electron chi connectivity index (χ2n) is 16.3. The topological polar surface area (TPSA) is 78.9 Å². The van der Waals surface area contributed by atoms with Gasteiger partial charge in [0.15, 0.2) is 6.10 Å². The van der Waals surface area contributed by atoms with Crippen molar-refractivity contribution in [2.75, 3.05) is 13.2 Å². The minimum Gasteiger partial charge on any atom is -0.462 e. The maximum absolute atomic E-state index is 12.7. The second-order valence-corrected chi connectivity index (χ2v) is 16.3. The quantitative estimate of drug-likeness (QED) is 0.0263. The van der Waals surface area contributed by atoms with E-state index in [0.29, 0.717) is 19.3 Å². The van der Waals surface area contributed by atoms with E-state index in [4.69, 9.17) is 14.2 Å². The van der Waals surface area contributed by atoms with Crippen LogP contribution in [0.1, 0.15) is 233 Å². The fourth-order valence-electron chi connectivity index (χ4n) is 6.67. The third kappa shape index (κ3) is 45.9. The molecule has 0 bridgehead atoms. The Morgan fingerprint density at radius 2 is 0.667 bits per heavy atom. The summed E-state index contributed by atoms with van der Waals surface area (Å²) in [5.41, 5.74) is 0. The number of rotatable bonds is 44. The first-order valence-electron chi connectivity index (χ1n) is 24.9. The van der Waals surface area contributed by atoms with Crippen LogP contribution in [0.3, 0.4) is 0 Å². The minimum atomic E-state index is -0.803. The molecule has 0 N–H and O–H groups in total. The van der Waals surface area contributed by atoms with Gasteiger partial charge in [0.2, 0.25) is 0 Å². The van der Waals surface area contributed by atoms with Crippen LogP contribution in [-0.4, -0.2) is 37.2 Å². The van der Waals surface area contributed by atoms with Gasteiger partial charge in [-0.05, 0) is 103 Å². The molecule has 0 aliphatic carbocycles. The summed E-state index contributed by atoms with van der Waals surface area (Å²) in [6.45, 7) is 6.42. The molecule has 0 saturated heterocycles. The lowest BCUT2D eigenvalue weighted by Gasteiger charge is -2.18. The van der Waals surface area contributed by atoms with Gasteiger partial charge in [0.1, 0.15) is 13.2 Å². The number of esters is 3. The van der Waals surface area contributed by atoms with Crippen LogP contribution in [0.4, 0.5) is 0 Å². The van der Waals surface area contributed by atoms with Gasteiger partial charge in [-0.3, -0.25) is 14.4 Å². The van der Waals surface area contributed by atoms with Gasteiger partial charge in [-0.15, -0.1) is 0 Å². The Balaban J connectivity index is 4.41. The number of allylic oxidation sites excluding steroid dienone is 12. The van der Waals surface area contributed by atoms with Crippen molar-refractivity contribution >= 4 is 17.9 Å². The molecule has 1 atom stereocenters. The highest BCUT2D eigenvalue weighted by Crippen LogP contribution is 2.13. The second kappa shape index (κ2) is 48.5. The summed E-state index contributed by atoms with van der Waals surface area (Å²) in [7, 11) is 0. The highest BCUT2D eigenvalue weighted by Gasteiger charge is 2.19. The van der Waals surface area contributed by atoms with Crippen LogP contribution >= 0.6 is 0 Å². The maximum Gasteiger partial charge on any atom is 0.306 e. The van der Waals surface area contributed by atoms with E-state index in [1.54, 1.807) is 0 Å². The Morgan fingerprint density at radius 3 is 1.13 bits per heavy atom. The summed E-state index contributed by atoms with van der Waals surface area (Å²) in [5.74, 6) is -0.974. The average Bonchev–Trinajstić information content (AvgIpc) is 3.24. The first kappa shape index (κ1) is 56.9. The number of hydrogen-bond acceptors (Lipinski definition) is 6. The van der Waals surface area contributed by atoms with Crippen molar-refractivity contribution in [3.8, 4) is 0 Å². The summed E-state index contributed by atoms with van der Waals surface area (Å²) in [5, 5.41) is 0. The van der Waals surface area contributed by atoms with Gasteiger partial charge in [-0.2, -0.15) is 0 Å². The largest absolute Gasteiger partial charge is 0.462 e. The standard InChI is InChI=1S/C54H92O6/c1-4-7-10-13-16-19-21-23-25-27-29-30-32-35-38-41-44-47-53(56)59-50-51(49-58-52(55)46-43-40-37-34-18-15-12-9-6-3)60-54(57)48-45-42-39-36-33-31-28-26-24-22-20-17-14-11-8-5-2/h8,11,17,20,23-26,31,33-34,37,51H,4-7,9-10,12-16,18-19,21-22,27-30,32,35-36,38-50H2,1-3H3/b11-8-,20-17-,25-23-,26-24-,33-31-,37-34-. The molecule has 0 saturated carbocycles. The Kier molecular flexibility index (Phi) is 46.0. The fraction of sp³-hybridized carbons (Fsp3) is 0.722. The molecule has 60 heavy (non-hydrogen) atoms. The zero-order valence-electron chi connectivity index (χ0n) is 39.2. The molecule has 0 fully saturated rings. The zero-order chi connectivity index (χ0) is 43.7. The molecule has 6 heteroatoms. The molecule has 0 radical (unpaired) electrons. The van der Waals surface area contributed by atoms with Crippen molar-refractivity contribution < 1.29 is 28.6 Å².